The zero-order valence-corrected chi connectivity index (χ0v) is 11.6. The quantitative estimate of drug-likeness (QED) is 0.780. The molecule has 0 aliphatic rings. The van der Waals surface area contributed by atoms with Crippen LogP contribution in [0.3, 0.4) is 0 Å². The minimum atomic E-state index is -0.305. The Labute approximate surface area is 109 Å². The second-order valence-corrected chi connectivity index (χ2v) is 4.68. The molecular weight excluding hydrogens is 341 g/mol. The van der Waals surface area contributed by atoms with Crippen molar-refractivity contribution in [1.82, 2.24) is 14.8 Å². The van der Waals surface area contributed by atoms with Crippen LogP contribution in [0.2, 0.25) is 0 Å². The molecule has 1 heterocycles. The fraction of sp³-hybridized carbons (Fsp3) is 0.200. The molecule has 0 N–H and O–H groups in total. The van der Waals surface area contributed by atoms with Gasteiger partial charge in [0.25, 0.3) is 0 Å². The van der Waals surface area contributed by atoms with Gasteiger partial charge >= 0.3 is 0 Å². The molecule has 0 saturated heterocycles. The number of benzene rings is 1. The van der Waals surface area contributed by atoms with Crippen LogP contribution in [0, 0.1) is 5.82 Å². The van der Waals surface area contributed by atoms with E-state index in [1.165, 1.54) is 6.07 Å². The lowest BCUT2D eigenvalue weighted by atomic mass is 10.2. The van der Waals surface area contributed by atoms with E-state index >= 15 is 0 Å². The van der Waals surface area contributed by atoms with Gasteiger partial charge in [-0.3, -0.25) is 0 Å². The first-order chi connectivity index (χ1) is 7.63. The van der Waals surface area contributed by atoms with Crippen LogP contribution >= 0.6 is 31.9 Å². The van der Waals surface area contributed by atoms with Crippen molar-refractivity contribution in [2.45, 2.75) is 5.33 Å². The van der Waals surface area contributed by atoms with Gasteiger partial charge in [0.2, 0.25) is 0 Å². The van der Waals surface area contributed by atoms with Crippen LogP contribution in [0.25, 0.3) is 11.4 Å². The summed E-state index contributed by atoms with van der Waals surface area (Å²) in [6, 6.07) is 4.90. The van der Waals surface area contributed by atoms with E-state index in [1.54, 1.807) is 12.1 Å². The van der Waals surface area contributed by atoms with E-state index in [-0.39, 0.29) is 5.82 Å². The average Bonchev–Trinajstić information content (AvgIpc) is 2.64. The van der Waals surface area contributed by atoms with Crippen LogP contribution in [0.1, 0.15) is 5.82 Å². The van der Waals surface area contributed by atoms with Crippen molar-refractivity contribution in [3.8, 4) is 11.4 Å². The monoisotopic (exact) mass is 347 g/mol. The molecule has 1 aromatic carbocycles. The number of nitrogens with zero attached hydrogens (tertiary/aromatic N) is 3. The molecule has 3 nitrogen and oxygen atoms in total. The molecule has 0 spiro atoms. The van der Waals surface area contributed by atoms with Gasteiger partial charge in [-0.2, -0.15) is 0 Å². The Morgan fingerprint density at radius 2 is 2.12 bits per heavy atom. The van der Waals surface area contributed by atoms with E-state index in [0.717, 1.165) is 5.82 Å². The minimum absolute atomic E-state index is 0.305. The Hall–Kier alpha value is -0.750. The number of hydrogen-bond donors (Lipinski definition) is 0. The third-order valence-electron chi connectivity index (χ3n) is 2.26. The lowest BCUT2D eigenvalue weighted by Gasteiger charge is -2.03. The summed E-state index contributed by atoms with van der Waals surface area (Å²) >= 11 is 6.43. The largest absolute Gasteiger partial charge is 0.313 e. The number of alkyl halides is 1. The smallest absolute Gasteiger partial charge is 0.163 e. The Morgan fingerprint density at radius 1 is 1.38 bits per heavy atom. The summed E-state index contributed by atoms with van der Waals surface area (Å²) < 4.78 is 15.6. The summed E-state index contributed by atoms with van der Waals surface area (Å²) in [5, 5.41) is 8.64. The second kappa shape index (κ2) is 4.63. The van der Waals surface area contributed by atoms with Gasteiger partial charge in [0.05, 0.1) is 9.80 Å². The highest BCUT2D eigenvalue weighted by Gasteiger charge is 2.11. The number of rotatable bonds is 2. The van der Waals surface area contributed by atoms with Crippen LogP contribution < -0.4 is 0 Å². The molecule has 16 heavy (non-hydrogen) atoms. The Kier molecular flexibility index (Phi) is 3.39. The topological polar surface area (TPSA) is 30.7 Å². The third kappa shape index (κ3) is 2.04. The maximum absolute atomic E-state index is 13.4. The summed E-state index contributed by atoms with van der Waals surface area (Å²) in [5.74, 6) is 1.15. The molecule has 0 atom stereocenters. The van der Waals surface area contributed by atoms with Gasteiger partial charge in [-0.15, -0.1) is 10.2 Å². The maximum atomic E-state index is 13.4. The molecule has 0 radical (unpaired) electrons. The molecule has 0 unspecified atom stereocenters. The van der Waals surface area contributed by atoms with Crippen molar-refractivity contribution in [2.24, 2.45) is 7.05 Å². The molecule has 0 aliphatic carbocycles. The first-order valence-corrected chi connectivity index (χ1v) is 6.44. The SMILES string of the molecule is Cn1c(CBr)nnc1-c1ccc(Br)c(F)c1. The predicted octanol–water partition coefficient (Wildman–Crippen LogP) is 3.28. The van der Waals surface area contributed by atoms with E-state index in [4.69, 9.17) is 0 Å². The molecule has 2 rings (SSSR count). The molecule has 1 aromatic heterocycles. The highest BCUT2D eigenvalue weighted by Crippen LogP contribution is 2.23. The molecule has 84 valence electrons. The van der Waals surface area contributed by atoms with Crippen LogP contribution in [0.5, 0.6) is 0 Å². The van der Waals surface area contributed by atoms with Crippen molar-refractivity contribution in [2.75, 3.05) is 0 Å². The Bertz CT molecular complexity index is 525. The van der Waals surface area contributed by atoms with Gasteiger partial charge in [-0.05, 0) is 34.1 Å². The minimum Gasteiger partial charge on any atom is -0.313 e. The molecule has 2 aromatic rings. The van der Waals surface area contributed by atoms with Crippen molar-refractivity contribution in [1.29, 1.82) is 0 Å². The van der Waals surface area contributed by atoms with Gasteiger partial charge < -0.3 is 4.57 Å². The standard InChI is InChI=1S/C10H8Br2FN3/c1-16-9(5-11)14-15-10(16)6-2-3-7(12)8(13)4-6/h2-4H,5H2,1H3. The Balaban J connectivity index is 2.50. The van der Waals surface area contributed by atoms with Gasteiger partial charge in [0, 0.05) is 12.6 Å². The summed E-state index contributed by atoms with van der Waals surface area (Å²) in [6.07, 6.45) is 0. The summed E-state index contributed by atoms with van der Waals surface area (Å²) in [7, 11) is 1.85. The van der Waals surface area contributed by atoms with Crippen molar-refractivity contribution in [3.05, 3.63) is 34.3 Å². The predicted molar refractivity (Wildman–Crippen MR) is 66.7 cm³/mol. The van der Waals surface area contributed by atoms with Gasteiger partial charge in [0.1, 0.15) is 11.6 Å². The van der Waals surface area contributed by atoms with Crippen LogP contribution in [0.15, 0.2) is 22.7 Å². The van der Waals surface area contributed by atoms with Crippen LogP contribution in [-0.2, 0) is 12.4 Å². The van der Waals surface area contributed by atoms with Gasteiger partial charge in [0.15, 0.2) is 5.82 Å². The molecule has 0 aliphatic heterocycles. The van der Waals surface area contributed by atoms with Crippen LogP contribution in [-0.4, -0.2) is 14.8 Å². The fourth-order valence-corrected chi connectivity index (χ4v) is 2.10. The molecule has 0 amide bonds. The highest BCUT2D eigenvalue weighted by molar-refractivity contribution is 9.10. The zero-order chi connectivity index (χ0) is 11.7. The number of aromatic nitrogens is 3. The van der Waals surface area contributed by atoms with E-state index in [1.807, 2.05) is 11.6 Å². The van der Waals surface area contributed by atoms with E-state index in [2.05, 4.69) is 42.1 Å². The molecule has 0 saturated carbocycles. The second-order valence-electron chi connectivity index (χ2n) is 3.26. The van der Waals surface area contributed by atoms with Gasteiger partial charge in [-0.1, -0.05) is 15.9 Å². The number of halogens is 3. The van der Waals surface area contributed by atoms with Crippen LogP contribution in [0.4, 0.5) is 4.39 Å². The lowest BCUT2D eigenvalue weighted by Crippen LogP contribution is -1.97. The summed E-state index contributed by atoms with van der Waals surface area (Å²) in [5.41, 5.74) is 0.711. The first-order valence-electron chi connectivity index (χ1n) is 4.53. The fourth-order valence-electron chi connectivity index (χ4n) is 1.36. The number of hydrogen-bond acceptors (Lipinski definition) is 2. The molecule has 0 bridgehead atoms. The highest BCUT2D eigenvalue weighted by atomic mass is 79.9. The van der Waals surface area contributed by atoms with Crippen molar-refractivity contribution >= 4 is 31.9 Å². The summed E-state index contributed by atoms with van der Waals surface area (Å²) in [4.78, 5) is 0. The van der Waals surface area contributed by atoms with Gasteiger partial charge in [-0.25, -0.2) is 4.39 Å². The normalized spacial score (nSPS) is 10.8. The average molecular weight is 349 g/mol. The molecule has 0 fully saturated rings. The van der Waals surface area contributed by atoms with E-state index in [0.29, 0.717) is 21.2 Å². The van der Waals surface area contributed by atoms with E-state index in [9.17, 15) is 4.39 Å². The lowest BCUT2D eigenvalue weighted by molar-refractivity contribution is 0.621. The Morgan fingerprint density at radius 3 is 2.69 bits per heavy atom. The molecular formula is C10H8Br2FN3. The zero-order valence-electron chi connectivity index (χ0n) is 8.41. The first kappa shape index (κ1) is 11.7. The van der Waals surface area contributed by atoms with Crippen molar-refractivity contribution < 1.29 is 4.39 Å². The summed E-state index contributed by atoms with van der Waals surface area (Å²) in [6.45, 7) is 0. The molecule has 6 heteroatoms. The van der Waals surface area contributed by atoms with E-state index < -0.39 is 0 Å². The maximum Gasteiger partial charge on any atom is 0.163 e. The van der Waals surface area contributed by atoms with Crippen molar-refractivity contribution in [3.63, 3.8) is 0 Å². The third-order valence-corrected chi connectivity index (χ3v) is 3.41.